The van der Waals surface area contributed by atoms with Crippen molar-refractivity contribution >= 4 is 21.4 Å². The van der Waals surface area contributed by atoms with Gasteiger partial charge in [-0.15, -0.1) is 0 Å². The molecule has 0 aromatic rings. The molecule has 2 nitrogen and oxygen atoms in total. The molecule has 13 heavy (non-hydrogen) atoms. The molecule has 0 aliphatic heterocycles. The monoisotopic (exact) mass is 196 g/mol. The van der Waals surface area contributed by atoms with Gasteiger partial charge in [0.25, 0.3) is 0 Å². The Hall–Kier alpha value is -0.135. The van der Waals surface area contributed by atoms with E-state index >= 15 is 0 Å². The van der Waals surface area contributed by atoms with Crippen molar-refractivity contribution in [1.82, 2.24) is 0 Å². The molecule has 2 radical (unpaired) electrons. The largest absolute Gasteiger partial charge is 0.363 e. The van der Waals surface area contributed by atoms with Gasteiger partial charge in [0.1, 0.15) is 7.57 Å². The van der Waals surface area contributed by atoms with Gasteiger partial charge in [-0.1, -0.05) is 19.9 Å². The molecule has 1 rings (SSSR count). The lowest BCUT2D eigenvalue weighted by Gasteiger charge is -2.30. The Bertz CT molecular complexity index is 228. The highest BCUT2D eigenvalue weighted by molar-refractivity contribution is 7.77. The molecule has 0 bridgehead atoms. The van der Waals surface area contributed by atoms with Gasteiger partial charge in [0.15, 0.2) is 5.78 Å². The Kier molecular flexibility index (Phi) is 3.69. The van der Waals surface area contributed by atoms with E-state index < -0.39 is 8.03 Å². The zero-order chi connectivity index (χ0) is 10.0. The lowest BCUT2D eigenvalue weighted by molar-refractivity contribution is -0.120. The second-order valence-corrected chi connectivity index (χ2v) is 4.83. The molecular formula is C9H14BO2P. The van der Waals surface area contributed by atoms with Gasteiger partial charge >= 0.3 is 0 Å². The van der Waals surface area contributed by atoms with Crippen molar-refractivity contribution in [3.63, 3.8) is 0 Å². The first kappa shape index (κ1) is 10.9. The fourth-order valence-corrected chi connectivity index (χ4v) is 2.03. The number of hydrogen-bond donors (Lipinski definition) is 0. The van der Waals surface area contributed by atoms with E-state index in [1.165, 1.54) is 0 Å². The standard InChI is InChI=1S/C9H14BO2P/c1-6-7(2)9(12-13(3)10)5-4-8(6)11/h4-7,9H,1-3H3/t6-,7-,9+,13?/m0/s1. The number of ketones is 1. The van der Waals surface area contributed by atoms with Crippen LogP contribution in [0.1, 0.15) is 13.8 Å². The summed E-state index contributed by atoms with van der Waals surface area (Å²) >= 11 is 0. The minimum Gasteiger partial charge on any atom is -0.363 e. The minimum absolute atomic E-state index is 0.00816. The number of allylic oxidation sites excluding steroid dienone is 1. The molecule has 70 valence electrons. The summed E-state index contributed by atoms with van der Waals surface area (Å²) in [5, 5.41) is 0. The predicted octanol–water partition coefficient (Wildman–Crippen LogP) is 1.89. The molecule has 0 heterocycles. The van der Waals surface area contributed by atoms with Crippen LogP contribution in [-0.4, -0.2) is 26.1 Å². The van der Waals surface area contributed by atoms with E-state index in [-0.39, 0.29) is 23.7 Å². The molecule has 0 spiro atoms. The first-order valence-corrected chi connectivity index (χ1v) is 6.17. The van der Waals surface area contributed by atoms with E-state index in [1.807, 2.05) is 26.6 Å². The van der Waals surface area contributed by atoms with Crippen LogP contribution < -0.4 is 0 Å². The Morgan fingerprint density at radius 3 is 2.69 bits per heavy atom. The van der Waals surface area contributed by atoms with Crippen LogP contribution in [0.3, 0.4) is 0 Å². The molecule has 0 saturated heterocycles. The van der Waals surface area contributed by atoms with Crippen LogP contribution in [0.15, 0.2) is 12.2 Å². The van der Waals surface area contributed by atoms with Crippen molar-refractivity contribution in [3.8, 4) is 0 Å². The van der Waals surface area contributed by atoms with Crippen LogP contribution in [0.2, 0.25) is 0 Å². The highest BCUT2D eigenvalue weighted by Crippen LogP contribution is 2.34. The molecule has 4 heteroatoms. The maximum absolute atomic E-state index is 11.3. The zero-order valence-corrected chi connectivity index (χ0v) is 9.12. The Balaban J connectivity index is 2.67. The molecule has 0 fully saturated rings. The third-order valence-electron chi connectivity index (χ3n) is 2.49. The van der Waals surface area contributed by atoms with Gasteiger partial charge in [0.2, 0.25) is 0 Å². The van der Waals surface area contributed by atoms with E-state index in [4.69, 9.17) is 12.1 Å². The van der Waals surface area contributed by atoms with Crippen LogP contribution in [0.25, 0.3) is 0 Å². The minimum atomic E-state index is -0.846. The van der Waals surface area contributed by atoms with E-state index in [0.717, 1.165) is 0 Å². The molecular weight excluding hydrogens is 182 g/mol. The molecule has 0 N–H and O–H groups in total. The number of carbonyl (C=O) groups excluding carboxylic acids is 1. The van der Waals surface area contributed by atoms with Gasteiger partial charge in [-0.2, -0.15) is 0 Å². The van der Waals surface area contributed by atoms with Crippen molar-refractivity contribution in [1.29, 1.82) is 0 Å². The highest BCUT2D eigenvalue weighted by Gasteiger charge is 2.29. The topological polar surface area (TPSA) is 26.3 Å². The summed E-state index contributed by atoms with van der Waals surface area (Å²) in [5.41, 5.74) is 0. The maximum Gasteiger partial charge on any atom is 0.158 e. The van der Waals surface area contributed by atoms with Gasteiger partial charge in [-0.25, -0.2) is 0 Å². The van der Waals surface area contributed by atoms with Gasteiger partial charge in [-0.05, 0) is 26.7 Å². The Morgan fingerprint density at radius 2 is 2.15 bits per heavy atom. The molecule has 1 aliphatic rings. The maximum atomic E-state index is 11.3. The SMILES string of the molecule is [B]P(C)O[C@@H]1C=CC(=O)[C@@H](C)[C@@H]1C. The summed E-state index contributed by atoms with van der Waals surface area (Å²) in [6.45, 7) is 5.81. The highest BCUT2D eigenvalue weighted by atomic mass is 31.1. The summed E-state index contributed by atoms with van der Waals surface area (Å²) < 4.78 is 5.53. The molecule has 4 atom stereocenters. The molecule has 1 unspecified atom stereocenters. The third kappa shape index (κ3) is 2.65. The first-order chi connectivity index (χ1) is 6.02. The van der Waals surface area contributed by atoms with Gasteiger partial charge in [-0.3, -0.25) is 4.79 Å². The van der Waals surface area contributed by atoms with Crippen molar-refractivity contribution in [2.24, 2.45) is 11.8 Å². The van der Waals surface area contributed by atoms with Crippen molar-refractivity contribution < 1.29 is 9.32 Å². The second kappa shape index (κ2) is 4.39. The van der Waals surface area contributed by atoms with Gasteiger partial charge in [0, 0.05) is 5.92 Å². The zero-order valence-electron chi connectivity index (χ0n) is 8.23. The van der Waals surface area contributed by atoms with Crippen LogP contribution in [-0.2, 0) is 9.32 Å². The number of hydrogen-bond acceptors (Lipinski definition) is 2. The van der Waals surface area contributed by atoms with Crippen LogP contribution in [0, 0.1) is 11.8 Å². The summed E-state index contributed by atoms with van der Waals surface area (Å²) in [6, 6.07) is 0. The summed E-state index contributed by atoms with van der Waals surface area (Å²) in [6.07, 6.45) is 3.43. The molecule has 0 amide bonds. The second-order valence-electron chi connectivity index (χ2n) is 3.53. The van der Waals surface area contributed by atoms with E-state index in [9.17, 15) is 4.79 Å². The number of carbonyl (C=O) groups is 1. The molecule has 0 aromatic carbocycles. The Morgan fingerprint density at radius 1 is 1.54 bits per heavy atom. The molecule has 0 saturated carbocycles. The van der Waals surface area contributed by atoms with Gasteiger partial charge < -0.3 is 4.52 Å². The fourth-order valence-electron chi connectivity index (χ4n) is 1.38. The van der Waals surface area contributed by atoms with E-state index in [2.05, 4.69) is 0 Å². The lowest BCUT2D eigenvalue weighted by Crippen LogP contribution is -2.32. The quantitative estimate of drug-likeness (QED) is 0.497. The third-order valence-corrected chi connectivity index (χ3v) is 3.07. The van der Waals surface area contributed by atoms with Gasteiger partial charge in [0.05, 0.1) is 6.10 Å². The van der Waals surface area contributed by atoms with E-state index in [1.54, 1.807) is 6.08 Å². The van der Waals surface area contributed by atoms with Crippen molar-refractivity contribution in [2.75, 3.05) is 6.66 Å². The lowest BCUT2D eigenvalue weighted by atomic mass is 9.83. The van der Waals surface area contributed by atoms with E-state index in [0.29, 0.717) is 0 Å². The molecule has 0 aromatic heterocycles. The van der Waals surface area contributed by atoms with Crippen molar-refractivity contribution in [3.05, 3.63) is 12.2 Å². The average molecular weight is 196 g/mol. The van der Waals surface area contributed by atoms with Crippen LogP contribution in [0.4, 0.5) is 0 Å². The fraction of sp³-hybridized carbons (Fsp3) is 0.667. The average Bonchev–Trinajstić information content (AvgIpc) is 2.06. The number of rotatable bonds is 2. The van der Waals surface area contributed by atoms with Crippen LogP contribution >= 0.6 is 8.03 Å². The Labute approximate surface area is 81.9 Å². The van der Waals surface area contributed by atoms with Crippen LogP contribution in [0.5, 0.6) is 0 Å². The van der Waals surface area contributed by atoms with Crippen molar-refractivity contribution in [2.45, 2.75) is 20.0 Å². The molecule has 1 aliphatic carbocycles. The predicted molar refractivity (Wildman–Crippen MR) is 55.9 cm³/mol. The normalized spacial score (nSPS) is 36.2. The first-order valence-electron chi connectivity index (χ1n) is 4.39. The summed E-state index contributed by atoms with van der Waals surface area (Å²) in [5.74, 6) is 0.459. The summed E-state index contributed by atoms with van der Waals surface area (Å²) in [4.78, 5) is 11.3. The smallest absolute Gasteiger partial charge is 0.158 e. The summed E-state index contributed by atoms with van der Waals surface area (Å²) in [7, 11) is 4.74.